The Labute approximate surface area is 170 Å². The third-order valence-electron chi connectivity index (χ3n) is 5.03. The van der Waals surface area contributed by atoms with E-state index in [1.54, 1.807) is 38.5 Å². The van der Waals surface area contributed by atoms with Crippen molar-refractivity contribution in [2.24, 2.45) is 0 Å². The van der Waals surface area contributed by atoms with Crippen LogP contribution in [0.4, 0.5) is 5.69 Å². The number of anilines is 1. The maximum atomic E-state index is 13.2. The maximum absolute atomic E-state index is 13.2. The van der Waals surface area contributed by atoms with Gasteiger partial charge in [0.05, 0.1) is 36.2 Å². The molecule has 0 bridgehead atoms. The van der Waals surface area contributed by atoms with E-state index in [2.05, 4.69) is 0 Å². The first-order valence-electron chi connectivity index (χ1n) is 9.34. The Balaban J connectivity index is 1.68. The Morgan fingerprint density at radius 2 is 1.48 bits per heavy atom. The van der Waals surface area contributed by atoms with Gasteiger partial charge in [0, 0.05) is 12.1 Å². The Hall–Kier alpha value is -3.06. The van der Waals surface area contributed by atoms with E-state index < -0.39 is 10.0 Å². The van der Waals surface area contributed by atoms with Crippen molar-refractivity contribution < 1.29 is 17.9 Å². The molecule has 7 heteroatoms. The van der Waals surface area contributed by atoms with Crippen LogP contribution in [0.15, 0.2) is 65.6 Å². The van der Waals surface area contributed by atoms with Crippen molar-refractivity contribution in [2.75, 3.05) is 25.1 Å². The maximum Gasteiger partial charge on any atom is 0.264 e. The molecule has 3 aromatic rings. The molecule has 6 nitrogen and oxygen atoms in total. The first kappa shape index (κ1) is 19.3. The number of pyridine rings is 1. The molecule has 0 N–H and O–H groups in total. The standard InChI is InChI=1S/C22H22N2O4S/c1-27-17-7-5-16(6-8-17)20-13-14-22-21(23-20)4-3-15-24(22)29(25,26)19-11-9-18(28-2)10-12-19/h5-14H,3-4,15H2,1-2H3. The molecule has 0 fully saturated rings. The first-order chi connectivity index (χ1) is 14.0. The normalized spacial score (nSPS) is 13.7. The Morgan fingerprint density at radius 1 is 0.862 bits per heavy atom. The number of benzene rings is 2. The molecular weight excluding hydrogens is 388 g/mol. The summed E-state index contributed by atoms with van der Waals surface area (Å²) >= 11 is 0. The third kappa shape index (κ3) is 3.65. The van der Waals surface area contributed by atoms with Crippen molar-refractivity contribution in [3.63, 3.8) is 0 Å². The molecule has 0 unspecified atom stereocenters. The van der Waals surface area contributed by atoms with Crippen LogP contribution < -0.4 is 13.8 Å². The summed E-state index contributed by atoms with van der Waals surface area (Å²) < 4.78 is 38.2. The van der Waals surface area contributed by atoms with Gasteiger partial charge in [0.25, 0.3) is 10.0 Å². The zero-order valence-corrected chi connectivity index (χ0v) is 17.1. The van der Waals surface area contributed by atoms with Gasteiger partial charge in [0.2, 0.25) is 0 Å². The molecule has 1 aliphatic rings. The van der Waals surface area contributed by atoms with Crippen molar-refractivity contribution in [1.29, 1.82) is 0 Å². The van der Waals surface area contributed by atoms with Gasteiger partial charge in [0.15, 0.2) is 0 Å². The predicted molar refractivity (Wildman–Crippen MR) is 112 cm³/mol. The number of rotatable bonds is 5. The van der Waals surface area contributed by atoms with Crippen LogP contribution in [0.2, 0.25) is 0 Å². The van der Waals surface area contributed by atoms with Crippen molar-refractivity contribution >= 4 is 15.7 Å². The molecule has 0 amide bonds. The van der Waals surface area contributed by atoms with E-state index in [-0.39, 0.29) is 4.90 Å². The fourth-order valence-electron chi connectivity index (χ4n) is 3.46. The second kappa shape index (κ2) is 7.75. The van der Waals surface area contributed by atoms with Gasteiger partial charge >= 0.3 is 0 Å². The molecule has 4 rings (SSSR count). The summed E-state index contributed by atoms with van der Waals surface area (Å²) in [5.41, 5.74) is 3.21. The molecule has 0 saturated heterocycles. The minimum atomic E-state index is -3.67. The van der Waals surface area contributed by atoms with Gasteiger partial charge in [-0.25, -0.2) is 8.42 Å². The molecule has 0 atom stereocenters. The minimum Gasteiger partial charge on any atom is -0.497 e. The molecule has 0 radical (unpaired) electrons. The van der Waals surface area contributed by atoms with E-state index >= 15 is 0 Å². The fraction of sp³-hybridized carbons (Fsp3) is 0.227. The number of aryl methyl sites for hydroxylation is 1. The summed E-state index contributed by atoms with van der Waals surface area (Å²) in [6.45, 7) is 0.435. The lowest BCUT2D eigenvalue weighted by Gasteiger charge is -2.30. The van der Waals surface area contributed by atoms with E-state index in [0.717, 1.165) is 35.5 Å². The number of sulfonamides is 1. The number of ether oxygens (including phenoxy) is 2. The highest BCUT2D eigenvalue weighted by atomic mass is 32.2. The minimum absolute atomic E-state index is 0.241. The number of aromatic nitrogens is 1. The van der Waals surface area contributed by atoms with Crippen LogP contribution in [0.1, 0.15) is 12.1 Å². The smallest absolute Gasteiger partial charge is 0.264 e. The Kier molecular flexibility index (Phi) is 5.15. The number of methoxy groups -OCH3 is 2. The third-order valence-corrected chi connectivity index (χ3v) is 6.85. The summed E-state index contributed by atoms with van der Waals surface area (Å²) in [6, 6.07) is 17.8. The van der Waals surface area contributed by atoms with Crippen LogP contribution in [0.3, 0.4) is 0 Å². The van der Waals surface area contributed by atoms with Crippen LogP contribution in [0.5, 0.6) is 11.5 Å². The van der Waals surface area contributed by atoms with Gasteiger partial charge in [-0.05, 0) is 73.5 Å². The topological polar surface area (TPSA) is 68.7 Å². The highest BCUT2D eigenvalue weighted by Crippen LogP contribution is 2.33. The van der Waals surface area contributed by atoms with Crippen molar-refractivity contribution in [2.45, 2.75) is 17.7 Å². The lowest BCUT2D eigenvalue weighted by atomic mass is 10.1. The zero-order chi connectivity index (χ0) is 20.4. The zero-order valence-electron chi connectivity index (χ0n) is 16.3. The van der Waals surface area contributed by atoms with Gasteiger partial charge in [-0.15, -0.1) is 0 Å². The van der Waals surface area contributed by atoms with Crippen molar-refractivity contribution in [3.05, 3.63) is 66.4 Å². The highest BCUT2D eigenvalue weighted by molar-refractivity contribution is 7.92. The molecule has 2 aromatic carbocycles. The van der Waals surface area contributed by atoms with Crippen LogP contribution in [0, 0.1) is 0 Å². The van der Waals surface area contributed by atoms with Gasteiger partial charge in [-0.2, -0.15) is 0 Å². The van der Waals surface area contributed by atoms with E-state index in [9.17, 15) is 8.42 Å². The monoisotopic (exact) mass is 410 g/mol. The SMILES string of the molecule is COc1ccc(-c2ccc3c(n2)CCCN3S(=O)(=O)c2ccc(OC)cc2)cc1. The Morgan fingerprint density at radius 3 is 2.10 bits per heavy atom. The number of hydrogen-bond acceptors (Lipinski definition) is 5. The first-order valence-corrected chi connectivity index (χ1v) is 10.8. The molecule has 0 aliphatic carbocycles. The second-order valence-electron chi connectivity index (χ2n) is 6.75. The molecule has 29 heavy (non-hydrogen) atoms. The average Bonchev–Trinajstić information content (AvgIpc) is 2.78. The quantitative estimate of drug-likeness (QED) is 0.638. The summed E-state index contributed by atoms with van der Waals surface area (Å²) in [5, 5.41) is 0. The molecule has 0 saturated carbocycles. The van der Waals surface area contributed by atoms with E-state index in [0.29, 0.717) is 18.0 Å². The summed E-state index contributed by atoms with van der Waals surface area (Å²) in [4.78, 5) is 5.00. The van der Waals surface area contributed by atoms with Crippen LogP contribution in [-0.4, -0.2) is 34.2 Å². The summed E-state index contributed by atoms with van der Waals surface area (Å²) in [7, 11) is -0.485. The highest BCUT2D eigenvalue weighted by Gasteiger charge is 2.30. The number of hydrogen-bond donors (Lipinski definition) is 0. The average molecular weight is 410 g/mol. The molecule has 0 spiro atoms. The lowest BCUT2D eigenvalue weighted by molar-refractivity contribution is 0.414. The van der Waals surface area contributed by atoms with Gasteiger partial charge < -0.3 is 9.47 Å². The van der Waals surface area contributed by atoms with E-state index in [1.807, 2.05) is 36.4 Å². The second-order valence-corrected chi connectivity index (χ2v) is 8.61. The largest absolute Gasteiger partial charge is 0.497 e. The molecular formula is C22H22N2O4S. The molecule has 2 heterocycles. The number of nitrogens with zero attached hydrogens (tertiary/aromatic N) is 2. The van der Waals surface area contributed by atoms with Gasteiger partial charge in [-0.3, -0.25) is 9.29 Å². The predicted octanol–water partition coefficient (Wildman–Crippen LogP) is 3.91. The van der Waals surface area contributed by atoms with Gasteiger partial charge in [0.1, 0.15) is 11.5 Å². The van der Waals surface area contributed by atoms with Crippen LogP contribution in [0.25, 0.3) is 11.3 Å². The molecule has 1 aliphatic heterocycles. The summed E-state index contributed by atoms with van der Waals surface area (Å²) in [6.07, 6.45) is 1.47. The summed E-state index contributed by atoms with van der Waals surface area (Å²) in [5.74, 6) is 1.40. The number of fused-ring (bicyclic) bond motifs is 1. The molecule has 1 aromatic heterocycles. The lowest BCUT2D eigenvalue weighted by Crippen LogP contribution is -2.35. The van der Waals surface area contributed by atoms with Crippen molar-refractivity contribution in [3.8, 4) is 22.8 Å². The van der Waals surface area contributed by atoms with Crippen LogP contribution in [-0.2, 0) is 16.4 Å². The fourth-order valence-corrected chi connectivity index (χ4v) is 4.99. The van der Waals surface area contributed by atoms with E-state index in [1.165, 1.54) is 4.31 Å². The Bertz CT molecular complexity index is 1110. The molecule has 150 valence electrons. The van der Waals surface area contributed by atoms with Crippen LogP contribution >= 0.6 is 0 Å². The van der Waals surface area contributed by atoms with E-state index in [4.69, 9.17) is 14.5 Å². The van der Waals surface area contributed by atoms with Gasteiger partial charge in [-0.1, -0.05) is 0 Å². The van der Waals surface area contributed by atoms with Crippen molar-refractivity contribution in [1.82, 2.24) is 4.98 Å².